The Hall–Kier alpha value is -6.89. The van der Waals surface area contributed by atoms with Crippen LogP contribution in [-0.2, 0) is 81.3 Å². The van der Waals surface area contributed by atoms with E-state index >= 15 is 0 Å². The monoisotopic (exact) mass is 1100 g/mol. The number of nitrogens with zero attached hydrogens (tertiary/aromatic N) is 3. The summed E-state index contributed by atoms with van der Waals surface area (Å²) in [5, 5.41) is 26.2. The van der Waals surface area contributed by atoms with Crippen LogP contribution in [0.5, 0.6) is 0 Å². The number of rotatable bonds is 42. The highest BCUT2D eigenvalue weighted by molar-refractivity contribution is 5.90. The molecule has 26 heteroatoms. The topological polar surface area (TPSA) is 371 Å². The Morgan fingerprint density at radius 3 is 1.03 bits per heavy atom. The number of esters is 4. The summed E-state index contributed by atoms with van der Waals surface area (Å²) in [6.45, 7) is 2.18. The zero-order chi connectivity index (χ0) is 58.6. The zero-order valence-corrected chi connectivity index (χ0v) is 46.2. The SMILES string of the molecule is CCCCCCCCCCCCCC(=O)NC(CCC(=O)N(C)C(CCC(=O)N(C)C(CCC(=O)N(C)C(CCC(=O)NC(CCC(=O)NC(CCC(N)=O)C(=O)O)C(=O)OC)C(=O)OC)C(=O)OC)C(=O)OC)C(=O)O. The fraction of sp³-hybridized carbons (Fsp3) is 0.745. The first-order valence-corrected chi connectivity index (χ1v) is 26.1. The molecule has 7 N–H and O–H groups in total. The molecule has 7 amide bonds. The fourth-order valence-corrected chi connectivity index (χ4v) is 8.14. The van der Waals surface area contributed by atoms with Gasteiger partial charge in [0.2, 0.25) is 41.4 Å². The van der Waals surface area contributed by atoms with Gasteiger partial charge < -0.3 is 65.5 Å². The van der Waals surface area contributed by atoms with Crippen molar-refractivity contribution in [2.45, 2.75) is 197 Å². The first-order valence-electron chi connectivity index (χ1n) is 26.1. The summed E-state index contributed by atoms with van der Waals surface area (Å²) >= 11 is 0. The Labute approximate surface area is 450 Å². The molecule has 0 spiro atoms. The van der Waals surface area contributed by atoms with Gasteiger partial charge in [0, 0.05) is 66.1 Å². The summed E-state index contributed by atoms with van der Waals surface area (Å²) in [5.41, 5.74) is 5.06. The minimum absolute atomic E-state index is 0.131. The molecule has 0 bridgehead atoms. The lowest BCUT2D eigenvalue weighted by molar-refractivity contribution is -0.155. The predicted molar refractivity (Wildman–Crippen MR) is 274 cm³/mol. The molecule has 0 aliphatic heterocycles. The molecule has 0 radical (unpaired) electrons. The molecule has 438 valence electrons. The van der Waals surface area contributed by atoms with Gasteiger partial charge in [0.1, 0.15) is 36.3 Å². The smallest absolute Gasteiger partial charge is 0.328 e. The van der Waals surface area contributed by atoms with E-state index in [1.54, 1.807) is 0 Å². The lowest BCUT2D eigenvalue weighted by atomic mass is 10.0. The van der Waals surface area contributed by atoms with Crippen molar-refractivity contribution in [3.8, 4) is 0 Å². The van der Waals surface area contributed by atoms with E-state index in [9.17, 15) is 72.5 Å². The molecule has 0 aromatic rings. The van der Waals surface area contributed by atoms with Crippen LogP contribution in [0.25, 0.3) is 0 Å². The van der Waals surface area contributed by atoms with E-state index in [2.05, 4.69) is 22.9 Å². The van der Waals surface area contributed by atoms with Gasteiger partial charge in [-0.2, -0.15) is 0 Å². The molecule has 0 aliphatic carbocycles. The summed E-state index contributed by atoms with van der Waals surface area (Å²) < 4.78 is 19.4. The molecule has 0 aromatic carbocycles. The standard InChI is InChI=1S/C51H85N7O19/c1-9-10-11-12-13-14-15-16-17-18-19-20-40(60)53-34(47(68)69)23-30-43(63)57(3)37(50(72)76-7)25-32-45(65)58(4)38(51(73)77-8)26-31-44(64)56(2)36(49(71)75-6)24-29-42(62)55-35(48(70)74-5)22-28-41(61)54-33(46(66)67)21-27-39(52)59/h33-38H,9-32H2,1-8H3,(H2,52,59)(H,53,60)(H,54,61)(H,55,62)(H,66,67)(H,68,69). The number of hydrogen-bond donors (Lipinski definition) is 6. The molecule has 0 saturated heterocycles. The third-order valence-corrected chi connectivity index (χ3v) is 13.0. The number of nitrogens with two attached hydrogens (primary N) is 1. The second-order valence-electron chi connectivity index (χ2n) is 18.7. The Morgan fingerprint density at radius 1 is 0.390 bits per heavy atom. The third kappa shape index (κ3) is 28.7. The summed E-state index contributed by atoms with van der Waals surface area (Å²) in [6, 6.07) is -8.30. The molecule has 26 nitrogen and oxygen atoms in total. The van der Waals surface area contributed by atoms with Crippen LogP contribution in [0.2, 0.25) is 0 Å². The Balaban J connectivity index is 5.58. The zero-order valence-electron chi connectivity index (χ0n) is 46.2. The minimum Gasteiger partial charge on any atom is -0.480 e. The lowest BCUT2D eigenvalue weighted by Gasteiger charge is -2.30. The summed E-state index contributed by atoms with van der Waals surface area (Å²) in [7, 11) is 7.95. The number of aliphatic carboxylic acids is 2. The fourth-order valence-electron chi connectivity index (χ4n) is 8.14. The number of hydrogen-bond acceptors (Lipinski definition) is 17. The highest BCUT2D eigenvalue weighted by Crippen LogP contribution is 2.18. The van der Waals surface area contributed by atoms with Crippen LogP contribution >= 0.6 is 0 Å². The second-order valence-corrected chi connectivity index (χ2v) is 18.7. The van der Waals surface area contributed by atoms with Crippen molar-refractivity contribution in [1.29, 1.82) is 0 Å². The molecule has 0 aliphatic rings. The van der Waals surface area contributed by atoms with Crippen molar-refractivity contribution in [1.82, 2.24) is 30.7 Å². The van der Waals surface area contributed by atoms with E-state index in [-0.39, 0.29) is 57.8 Å². The molecule has 0 aromatic heterocycles. The normalized spacial score (nSPS) is 13.1. The van der Waals surface area contributed by atoms with Crippen molar-refractivity contribution >= 4 is 77.2 Å². The average molecular weight is 1100 g/mol. The van der Waals surface area contributed by atoms with Crippen LogP contribution in [0.3, 0.4) is 0 Å². The molecule has 0 saturated carbocycles. The van der Waals surface area contributed by atoms with Crippen molar-refractivity contribution < 1.29 is 91.5 Å². The van der Waals surface area contributed by atoms with Gasteiger partial charge in [0.15, 0.2) is 0 Å². The summed E-state index contributed by atoms with van der Waals surface area (Å²) in [6.07, 6.45) is 7.70. The van der Waals surface area contributed by atoms with Gasteiger partial charge in [-0.05, 0) is 44.9 Å². The van der Waals surface area contributed by atoms with Crippen LogP contribution < -0.4 is 21.7 Å². The van der Waals surface area contributed by atoms with E-state index in [0.717, 1.165) is 68.8 Å². The quantitative estimate of drug-likeness (QED) is 0.0287. The first-order chi connectivity index (χ1) is 36.4. The molecule has 6 unspecified atom stereocenters. The molecule has 77 heavy (non-hydrogen) atoms. The minimum atomic E-state index is -1.45. The number of ether oxygens (including phenoxy) is 4. The van der Waals surface area contributed by atoms with Crippen molar-refractivity contribution in [3.05, 3.63) is 0 Å². The van der Waals surface area contributed by atoms with Crippen molar-refractivity contribution in [2.24, 2.45) is 5.73 Å². The number of carboxylic acid groups (broad SMARTS) is 2. The van der Waals surface area contributed by atoms with Crippen LogP contribution in [0.1, 0.15) is 161 Å². The number of carbonyl (C=O) groups is 13. The Kier molecular flexibility index (Phi) is 36.0. The molecule has 0 fully saturated rings. The van der Waals surface area contributed by atoms with Crippen LogP contribution in [-0.4, -0.2) is 188 Å². The number of primary amides is 1. The Morgan fingerprint density at radius 2 is 0.675 bits per heavy atom. The molecule has 0 heterocycles. The molecular formula is C51H85N7O19. The van der Waals surface area contributed by atoms with Crippen LogP contribution in [0.4, 0.5) is 0 Å². The van der Waals surface area contributed by atoms with Crippen molar-refractivity contribution in [3.63, 3.8) is 0 Å². The van der Waals surface area contributed by atoms with Crippen LogP contribution in [0, 0.1) is 0 Å². The number of carboxylic acids is 2. The van der Waals surface area contributed by atoms with Gasteiger partial charge in [-0.1, -0.05) is 71.1 Å². The number of carbonyl (C=O) groups excluding carboxylic acids is 11. The average Bonchev–Trinajstić information content (AvgIpc) is 3.39. The summed E-state index contributed by atoms with van der Waals surface area (Å²) in [5.74, 6) is -11.5. The van der Waals surface area contributed by atoms with E-state index in [1.165, 1.54) is 59.7 Å². The third-order valence-electron chi connectivity index (χ3n) is 13.0. The van der Waals surface area contributed by atoms with Crippen LogP contribution in [0.15, 0.2) is 0 Å². The Bertz CT molecular complexity index is 1970. The van der Waals surface area contributed by atoms with Gasteiger partial charge >= 0.3 is 35.8 Å². The van der Waals surface area contributed by atoms with E-state index in [0.29, 0.717) is 6.42 Å². The molecule has 6 atom stereocenters. The molecular weight excluding hydrogens is 1010 g/mol. The van der Waals surface area contributed by atoms with Gasteiger partial charge in [-0.25, -0.2) is 28.8 Å². The number of amides is 7. The number of unbranched alkanes of at least 4 members (excludes halogenated alkanes) is 10. The maximum Gasteiger partial charge on any atom is 0.328 e. The van der Waals surface area contributed by atoms with E-state index < -0.39 is 139 Å². The van der Waals surface area contributed by atoms with Gasteiger partial charge in [-0.3, -0.25) is 33.6 Å². The maximum absolute atomic E-state index is 13.6. The highest BCUT2D eigenvalue weighted by atomic mass is 16.5. The van der Waals surface area contributed by atoms with E-state index in [4.69, 9.17) is 24.7 Å². The summed E-state index contributed by atoms with van der Waals surface area (Å²) in [4.78, 5) is 167. The molecule has 0 rings (SSSR count). The maximum atomic E-state index is 13.6. The van der Waals surface area contributed by atoms with Gasteiger partial charge in [0.25, 0.3) is 0 Å². The van der Waals surface area contributed by atoms with E-state index in [1.807, 2.05) is 0 Å². The van der Waals surface area contributed by atoms with Crippen molar-refractivity contribution in [2.75, 3.05) is 49.6 Å². The van der Waals surface area contributed by atoms with Gasteiger partial charge in [0.05, 0.1) is 28.4 Å². The number of methoxy groups -OCH3 is 4. The number of likely N-dealkylation sites (N-methyl/N-ethyl adjacent to an activating group) is 3. The van der Waals surface area contributed by atoms with Gasteiger partial charge in [-0.15, -0.1) is 0 Å². The number of nitrogens with one attached hydrogen (secondary N) is 3. The second kappa shape index (κ2) is 39.5. The lowest BCUT2D eigenvalue weighted by Crippen LogP contribution is -2.47. The predicted octanol–water partition coefficient (Wildman–Crippen LogP) is 1.65. The largest absolute Gasteiger partial charge is 0.480 e. The first kappa shape index (κ1) is 70.1. The highest BCUT2D eigenvalue weighted by Gasteiger charge is 2.35.